The van der Waals surface area contributed by atoms with Crippen molar-refractivity contribution in [2.45, 2.75) is 30.9 Å². The van der Waals surface area contributed by atoms with Crippen LogP contribution < -0.4 is 5.73 Å². The van der Waals surface area contributed by atoms with Crippen LogP contribution in [-0.4, -0.2) is 30.8 Å². The van der Waals surface area contributed by atoms with Crippen molar-refractivity contribution in [2.75, 3.05) is 18.8 Å². The van der Waals surface area contributed by atoms with E-state index in [1.165, 1.54) is 0 Å². The summed E-state index contributed by atoms with van der Waals surface area (Å²) in [5.74, 6) is 0.482. The molecule has 0 aliphatic carbocycles. The third kappa shape index (κ3) is 2.31. The first kappa shape index (κ1) is 12.8. The minimum Gasteiger partial charge on any atom is -0.375 e. The molecule has 2 heterocycles. The standard InChI is InChI=1S/C10H17N3O2S2/c1-3-8-4-5-13(6-8)17(14,15)9-7(2)12-10(11)16-9/h8H,3-6H2,1-2H3,(H2,11,12). The van der Waals surface area contributed by atoms with Crippen LogP contribution in [0.4, 0.5) is 5.13 Å². The molecule has 0 spiro atoms. The molecule has 1 aliphatic heterocycles. The summed E-state index contributed by atoms with van der Waals surface area (Å²) >= 11 is 1.05. The Kier molecular flexibility index (Phi) is 3.42. The number of nitrogens with two attached hydrogens (primary N) is 1. The molecule has 0 aromatic carbocycles. The number of hydrogen-bond acceptors (Lipinski definition) is 5. The minimum absolute atomic E-state index is 0.298. The van der Waals surface area contributed by atoms with Crippen molar-refractivity contribution in [3.63, 3.8) is 0 Å². The Balaban J connectivity index is 2.28. The number of nitrogen functional groups attached to an aromatic ring is 1. The van der Waals surface area contributed by atoms with Crippen molar-refractivity contribution >= 4 is 26.5 Å². The zero-order valence-electron chi connectivity index (χ0n) is 10.0. The Hall–Kier alpha value is -0.660. The van der Waals surface area contributed by atoms with Gasteiger partial charge in [-0.1, -0.05) is 24.7 Å². The van der Waals surface area contributed by atoms with Crippen LogP contribution in [0, 0.1) is 12.8 Å². The maximum absolute atomic E-state index is 12.4. The van der Waals surface area contributed by atoms with Gasteiger partial charge < -0.3 is 5.73 Å². The third-order valence-electron chi connectivity index (χ3n) is 3.17. The van der Waals surface area contributed by atoms with E-state index >= 15 is 0 Å². The van der Waals surface area contributed by atoms with Gasteiger partial charge in [0.25, 0.3) is 10.0 Å². The molecule has 96 valence electrons. The van der Waals surface area contributed by atoms with Crippen molar-refractivity contribution in [3.05, 3.63) is 5.69 Å². The van der Waals surface area contributed by atoms with Crippen LogP contribution in [0.5, 0.6) is 0 Å². The zero-order valence-corrected chi connectivity index (χ0v) is 11.6. The van der Waals surface area contributed by atoms with Crippen LogP contribution in [-0.2, 0) is 10.0 Å². The van der Waals surface area contributed by atoms with Gasteiger partial charge in [0, 0.05) is 13.1 Å². The molecule has 7 heteroatoms. The highest BCUT2D eigenvalue weighted by Gasteiger charge is 2.34. The van der Waals surface area contributed by atoms with E-state index in [1.54, 1.807) is 11.2 Å². The number of anilines is 1. The Labute approximate surface area is 106 Å². The molecule has 1 atom stereocenters. The molecule has 0 bridgehead atoms. The summed E-state index contributed by atoms with van der Waals surface area (Å²) in [6.45, 7) is 5.01. The van der Waals surface area contributed by atoms with Crippen LogP contribution in [0.1, 0.15) is 25.5 Å². The molecule has 1 aromatic heterocycles. The highest BCUT2D eigenvalue weighted by atomic mass is 32.2. The molecule has 2 N–H and O–H groups in total. The van der Waals surface area contributed by atoms with Gasteiger partial charge in [-0.25, -0.2) is 13.4 Å². The molecule has 1 aliphatic rings. The number of thiazole rings is 1. The molecule has 1 unspecified atom stereocenters. The Morgan fingerprint density at radius 3 is 2.76 bits per heavy atom. The molecule has 1 saturated heterocycles. The van der Waals surface area contributed by atoms with Gasteiger partial charge in [0.2, 0.25) is 0 Å². The lowest BCUT2D eigenvalue weighted by Gasteiger charge is -2.15. The Morgan fingerprint density at radius 1 is 1.59 bits per heavy atom. The predicted molar refractivity (Wildman–Crippen MR) is 68.4 cm³/mol. The van der Waals surface area contributed by atoms with Crippen molar-refractivity contribution in [1.82, 2.24) is 9.29 Å². The SMILES string of the molecule is CCC1CCN(S(=O)(=O)c2sc(N)nc2C)C1. The summed E-state index contributed by atoms with van der Waals surface area (Å²) in [7, 11) is -3.38. The number of aryl methyl sites for hydroxylation is 1. The topological polar surface area (TPSA) is 76.3 Å². The van der Waals surface area contributed by atoms with E-state index in [9.17, 15) is 8.42 Å². The third-order valence-corrected chi connectivity index (χ3v) is 6.61. The predicted octanol–water partition coefficient (Wildman–Crippen LogP) is 1.45. The molecular formula is C10H17N3O2S2. The number of hydrogen-bond donors (Lipinski definition) is 1. The van der Waals surface area contributed by atoms with Gasteiger partial charge in [-0.2, -0.15) is 4.31 Å². The van der Waals surface area contributed by atoms with Gasteiger partial charge in [0.15, 0.2) is 9.34 Å². The van der Waals surface area contributed by atoms with Gasteiger partial charge in [-0.05, 0) is 19.3 Å². The van der Waals surface area contributed by atoms with Gasteiger partial charge in [0.05, 0.1) is 5.69 Å². The first-order valence-electron chi connectivity index (χ1n) is 5.68. The number of aromatic nitrogens is 1. The van der Waals surface area contributed by atoms with Crippen molar-refractivity contribution < 1.29 is 8.42 Å². The summed E-state index contributed by atoms with van der Waals surface area (Å²) in [5, 5.41) is 0.312. The highest BCUT2D eigenvalue weighted by molar-refractivity contribution is 7.91. The fourth-order valence-corrected chi connectivity index (χ4v) is 5.07. The van der Waals surface area contributed by atoms with Gasteiger partial charge in [-0.3, -0.25) is 0 Å². The normalized spacial score (nSPS) is 22.1. The van der Waals surface area contributed by atoms with E-state index in [0.29, 0.717) is 34.0 Å². The van der Waals surface area contributed by atoms with E-state index in [2.05, 4.69) is 11.9 Å². The maximum atomic E-state index is 12.4. The second-order valence-corrected chi connectivity index (χ2v) is 7.51. The first-order chi connectivity index (χ1) is 7.95. The molecule has 0 amide bonds. The zero-order chi connectivity index (χ0) is 12.6. The van der Waals surface area contributed by atoms with Crippen LogP contribution in [0.2, 0.25) is 0 Å². The smallest absolute Gasteiger partial charge is 0.254 e. The van der Waals surface area contributed by atoms with Crippen LogP contribution >= 0.6 is 11.3 Å². The quantitative estimate of drug-likeness (QED) is 0.906. The van der Waals surface area contributed by atoms with Crippen LogP contribution in [0.25, 0.3) is 0 Å². The Bertz CT molecular complexity index is 510. The summed E-state index contributed by atoms with van der Waals surface area (Å²) in [4.78, 5) is 3.98. The average Bonchev–Trinajstić information content (AvgIpc) is 2.85. The fraction of sp³-hybridized carbons (Fsp3) is 0.700. The molecule has 1 fully saturated rings. The first-order valence-corrected chi connectivity index (χ1v) is 7.94. The highest BCUT2D eigenvalue weighted by Crippen LogP contribution is 2.31. The Morgan fingerprint density at radius 2 is 2.29 bits per heavy atom. The molecular weight excluding hydrogens is 258 g/mol. The van der Waals surface area contributed by atoms with E-state index in [0.717, 1.165) is 24.2 Å². The minimum atomic E-state index is -3.38. The number of nitrogens with zero attached hydrogens (tertiary/aromatic N) is 2. The lowest BCUT2D eigenvalue weighted by Crippen LogP contribution is -2.28. The van der Waals surface area contributed by atoms with E-state index < -0.39 is 10.0 Å². The fourth-order valence-electron chi connectivity index (χ4n) is 2.11. The average molecular weight is 275 g/mol. The van der Waals surface area contributed by atoms with Gasteiger partial charge in [-0.15, -0.1) is 0 Å². The van der Waals surface area contributed by atoms with Crippen molar-refractivity contribution in [2.24, 2.45) is 5.92 Å². The lowest BCUT2D eigenvalue weighted by atomic mass is 10.1. The summed E-state index contributed by atoms with van der Waals surface area (Å²) < 4.78 is 26.6. The maximum Gasteiger partial charge on any atom is 0.254 e. The molecule has 5 nitrogen and oxygen atoms in total. The van der Waals surface area contributed by atoms with Crippen molar-refractivity contribution in [1.29, 1.82) is 0 Å². The summed E-state index contributed by atoms with van der Waals surface area (Å²) in [5.41, 5.74) is 6.06. The molecule has 0 saturated carbocycles. The molecule has 1 aromatic rings. The summed E-state index contributed by atoms with van der Waals surface area (Å²) in [6, 6.07) is 0. The largest absolute Gasteiger partial charge is 0.375 e. The van der Waals surface area contributed by atoms with E-state index in [-0.39, 0.29) is 0 Å². The second-order valence-electron chi connectivity index (χ2n) is 4.35. The lowest BCUT2D eigenvalue weighted by molar-refractivity contribution is 0.454. The van der Waals surface area contributed by atoms with Gasteiger partial charge in [0.1, 0.15) is 0 Å². The van der Waals surface area contributed by atoms with Crippen LogP contribution in [0.3, 0.4) is 0 Å². The van der Waals surface area contributed by atoms with E-state index in [4.69, 9.17) is 5.73 Å². The van der Waals surface area contributed by atoms with Gasteiger partial charge >= 0.3 is 0 Å². The second kappa shape index (κ2) is 4.55. The monoisotopic (exact) mass is 275 g/mol. The number of rotatable bonds is 3. The molecule has 2 rings (SSSR count). The number of sulfonamides is 1. The summed E-state index contributed by atoms with van der Waals surface area (Å²) in [6.07, 6.45) is 1.97. The molecule has 0 radical (unpaired) electrons. The van der Waals surface area contributed by atoms with Crippen molar-refractivity contribution in [3.8, 4) is 0 Å². The van der Waals surface area contributed by atoms with E-state index in [1.807, 2.05) is 0 Å². The molecule has 17 heavy (non-hydrogen) atoms. The van der Waals surface area contributed by atoms with Crippen LogP contribution in [0.15, 0.2) is 4.21 Å².